The molecule has 30 heavy (non-hydrogen) atoms. The van der Waals surface area contributed by atoms with Gasteiger partial charge in [0, 0.05) is 16.6 Å². The molecule has 4 nitrogen and oxygen atoms in total. The van der Waals surface area contributed by atoms with Gasteiger partial charge in [-0.2, -0.15) is 0 Å². The zero-order valence-electron chi connectivity index (χ0n) is 18.9. The zero-order chi connectivity index (χ0) is 21.7. The maximum atomic E-state index is 6.20. The Morgan fingerprint density at radius 2 is 1.33 bits per heavy atom. The molecule has 0 N–H and O–H groups in total. The van der Waals surface area contributed by atoms with Gasteiger partial charge in [-0.05, 0) is 53.1 Å². The van der Waals surface area contributed by atoms with Crippen molar-refractivity contribution in [1.82, 2.24) is 15.2 Å². The van der Waals surface area contributed by atoms with E-state index < -0.39 is 0 Å². The molecule has 0 spiro atoms. The van der Waals surface area contributed by atoms with Crippen LogP contribution in [0.25, 0.3) is 33.8 Å². The van der Waals surface area contributed by atoms with Crippen molar-refractivity contribution in [3.8, 4) is 22.9 Å². The number of hydrogen-bond acceptors (Lipinski definition) is 4. The first-order valence-electron chi connectivity index (χ1n) is 10.4. The summed E-state index contributed by atoms with van der Waals surface area (Å²) in [5, 5.41) is 9.81. The Morgan fingerprint density at radius 1 is 0.733 bits per heavy atom. The number of benzene rings is 2. The van der Waals surface area contributed by atoms with Gasteiger partial charge in [0.15, 0.2) is 0 Å². The Bertz CT molecular complexity index is 1190. The van der Waals surface area contributed by atoms with Crippen LogP contribution >= 0.6 is 0 Å². The Kier molecular flexibility index (Phi) is 4.76. The van der Waals surface area contributed by atoms with E-state index in [0.717, 1.165) is 27.7 Å². The van der Waals surface area contributed by atoms with Gasteiger partial charge in [-0.1, -0.05) is 65.8 Å². The van der Waals surface area contributed by atoms with E-state index in [1.807, 2.05) is 37.3 Å². The van der Waals surface area contributed by atoms with E-state index >= 15 is 0 Å². The number of hydrogen-bond donors (Lipinski definition) is 0. The lowest BCUT2D eigenvalue weighted by Gasteiger charge is -2.25. The van der Waals surface area contributed by atoms with Gasteiger partial charge >= 0.3 is 0 Å². The smallest absolute Gasteiger partial charge is 0.248 e. The fraction of sp³-hybridized carbons (Fsp3) is 0.346. The third-order valence-electron chi connectivity index (χ3n) is 5.41. The second-order valence-electron chi connectivity index (χ2n) is 10.0. The lowest BCUT2D eigenvalue weighted by atomic mass is 9.79. The number of nitrogens with zero attached hydrogens (tertiary/aromatic N) is 3. The van der Waals surface area contributed by atoms with E-state index in [0.29, 0.717) is 11.8 Å². The van der Waals surface area contributed by atoms with E-state index in [9.17, 15) is 0 Å². The molecule has 0 unspecified atom stereocenters. The molecule has 0 amide bonds. The summed E-state index contributed by atoms with van der Waals surface area (Å²) in [4.78, 5) is 4.61. The molecule has 0 bridgehead atoms. The normalized spacial score (nSPS) is 12.5. The second kappa shape index (κ2) is 7.05. The van der Waals surface area contributed by atoms with Crippen LogP contribution in [0, 0.1) is 6.92 Å². The maximum Gasteiger partial charge on any atom is 0.248 e. The van der Waals surface area contributed by atoms with Gasteiger partial charge < -0.3 is 4.42 Å². The Hall–Kier alpha value is -3.01. The summed E-state index contributed by atoms with van der Waals surface area (Å²) in [6.45, 7) is 15.3. The van der Waals surface area contributed by atoms with Crippen LogP contribution in [0.5, 0.6) is 0 Å². The number of para-hydroxylation sites is 1. The van der Waals surface area contributed by atoms with Gasteiger partial charge in [0.25, 0.3) is 0 Å². The highest BCUT2D eigenvalue weighted by Gasteiger charge is 2.23. The van der Waals surface area contributed by atoms with Crippen LogP contribution in [0.15, 0.2) is 52.9 Å². The minimum atomic E-state index is 0.0251. The van der Waals surface area contributed by atoms with Crippen molar-refractivity contribution in [3.63, 3.8) is 0 Å². The zero-order valence-corrected chi connectivity index (χ0v) is 18.9. The monoisotopic (exact) mass is 399 g/mol. The summed E-state index contributed by atoms with van der Waals surface area (Å²) in [7, 11) is 0. The van der Waals surface area contributed by atoms with Gasteiger partial charge in [0.2, 0.25) is 11.8 Å². The third-order valence-corrected chi connectivity index (χ3v) is 5.41. The predicted octanol–water partition coefficient (Wildman–Crippen LogP) is 6.86. The summed E-state index contributed by atoms with van der Waals surface area (Å²) in [5.74, 6) is 1.06. The first-order valence-corrected chi connectivity index (χ1v) is 10.4. The lowest BCUT2D eigenvalue weighted by Crippen LogP contribution is -2.16. The average Bonchev–Trinajstić information content (AvgIpc) is 3.15. The summed E-state index contributed by atoms with van der Waals surface area (Å²) in [6, 6.07) is 16.7. The fourth-order valence-corrected chi connectivity index (χ4v) is 3.55. The number of pyridine rings is 1. The molecule has 0 aliphatic rings. The second-order valence-corrected chi connectivity index (χ2v) is 10.0. The largest absolute Gasteiger partial charge is 0.416 e. The van der Waals surface area contributed by atoms with Gasteiger partial charge in [0.05, 0.1) is 11.1 Å². The SMILES string of the molecule is Cc1cc(-c2nnc(-c3cc(C(C)(C)C)cc(C(C)(C)C)c3)o2)c2ccccc2n1. The third kappa shape index (κ3) is 3.87. The van der Waals surface area contributed by atoms with Crippen LogP contribution in [0.4, 0.5) is 0 Å². The van der Waals surface area contributed by atoms with E-state index in [2.05, 4.69) is 74.9 Å². The lowest BCUT2D eigenvalue weighted by molar-refractivity contribution is 0.564. The Balaban J connectivity index is 1.86. The van der Waals surface area contributed by atoms with Gasteiger partial charge in [-0.25, -0.2) is 0 Å². The number of fused-ring (bicyclic) bond motifs is 1. The van der Waals surface area contributed by atoms with Crippen molar-refractivity contribution in [2.75, 3.05) is 0 Å². The van der Waals surface area contributed by atoms with Crippen LogP contribution in [0.2, 0.25) is 0 Å². The highest BCUT2D eigenvalue weighted by atomic mass is 16.4. The first-order chi connectivity index (χ1) is 14.0. The molecule has 0 atom stereocenters. The quantitative estimate of drug-likeness (QED) is 0.370. The minimum absolute atomic E-state index is 0.0251. The van der Waals surface area contributed by atoms with E-state index in [4.69, 9.17) is 4.42 Å². The summed E-state index contributed by atoms with van der Waals surface area (Å²) < 4.78 is 6.20. The first kappa shape index (κ1) is 20.3. The molecule has 4 rings (SSSR count). The van der Waals surface area contributed by atoms with Crippen molar-refractivity contribution in [2.24, 2.45) is 0 Å². The van der Waals surface area contributed by atoms with Crippen LogP contribution < -0.4 is 0 Å². The molecule has 4 aromatic rings. The molecule has 0 aliphatic heterocycles. The van der Waals surface area contributed by atoms with Crippen LogP contribution in [0.3, 0.4) is 0 Å². The van der Waals surface area contributed by atoms with Crippen LogP contribution in [0.1, 0.15) is 58.4 Å². The molecule has 2 aromatic heterocycles. The maximum absolute atomic E-state index is 6.20. The molecule has 4 heteroatoms. The van der Waals surface area contributed by atoms with Crippen molar-refractivity contribution in [2.45, 2.75) is 59.3 Å². The van der Waals surface area contributed by atoms with Crippen molar-refractivity contribution in [1.29, 1.82) is 0 Å². The predicted molar refractivity (Wildman–Crippen MR) is 123 cm³/mol. The molecule has 154 valence electrons. The topological polar surface area (TPSA) is 51.8 Å². The molecule has 0 fully saturated rings. The summed E-state index contributed by atoms with van der Waals surface area (Å²) >= 11 is 0. The van der Waals surface area contributed by atoms with Crippen molar-refractivity contribution >= 4 is 10.9 Å². The molecule has 0 radical (unpaired) electrons. The molecular weight excluding hydrogens is 370 g/mol. The van der Waals surface area contributed by atoms with Crippen molar-refractivity contribution < 1.29 is 4.42 Å². The Labute approximate surface area is 178 Å². The average molecular weight is 400 g/mol. The van der Waals surface area contributed by atoms with Gasteiger partial charge in [-0.15, -0.1) is 10.2 Å². The van der Waals surface area contributed by atoms with Gasteiger partial charge in [-0.3, -0.25) is 4.98 Å². The minimum Gasteiger partial charge on any atom is -0.416 e. The number of aromatic nitrogens is 3. The highest BCUT2D eigenvalue weighted by molar-refractivity contribution is 5.92. The van der Waals surface area contributed by atoms with E-state index in [1.165, 1.54) is 11.1 Å². The summed E-state index contributed by atoms with van der Waals surface area (Å²) in [6.07, 6.45) is 0. The molecule has 0 saturated carbocycles. The number of rotatable bonds is 2. The molecule has 0 aliphatic carbocycles. The standard InChI is InChI=1S/C26H29N3O/c1-16-12-21(20-10-8-9-11-22(20)27-16)24-29-28-23(30-24)17-13-18(25(2,3)4)15-19(14-17)26(5,6)7/h8-15H,1-7H3. The fourth-order valence-electron chi connectivity index (χ4n) is 3.55. The number of aryl methyl sites for hydroxylation is 1. The molecule has 2 heterocycles. The van der Waals surface area contributed by atoms with Crippen LogP contribution in [-0.2, 0) is 10.8 Å². The molecular formula is C26H29N3O. The van der Waals surface area contributed by atoms with E-state index in [1.54, 1.807) is 0 Å². The van der Waals surface area contributed by atoms with Crippen molar-refractivity contribution in [3.05, 3.63) is 65.4 Å². The van der Waals surface area contributed by atoms with Crippen LogP contribution in [-0.4, -0.2) is 15.2 Å². The molecule has 2 aromatic carbocycles. The summed E-state index contributed by atoms with van der Waals surface area (Å²) in [5.41, 5.74) is 6.30. The molecule has 0 saturated heterocycles. The van der Waals surface area contributed by atoms with E-state index in [-0.39, 0.29) is 10.8 Å². The van der Waals surface area contributed by atoms with Gasteiger partial charge in [0.1, 0.15) is 0 Å². The Morgan fingerprint density at radius 3 is 1.97 bits per heavy atom. The highest BCUT2D eigenvalue weighted by Crippen LogP contribution is 2.35.